The smallest absolute Gasteiger partial charge is 0.0145 e. The zero-order valence-corrected chi connectivity index (χ0v) is 10.7. The van der Waals surface area contributed by atoms with Gasteiger partial charge in [0.1, 0.15) is 0 Å². The largest absolute Gasteiger partial charge is 0.0654 e. The molecule has 0 N–H and O–H groups in total. The highest BCUT2D eigenvalue weighted by Crippen LogP contribution is 2.26. The predicted octanol–water partition coefficient (Wildman–Crippen LogP) is 5.14. The van der Waals surface area contributed by atoms with E-state index in [0.717, 1.165) is 6.42 Å². The lowest BCUT2D eigenvalue weighted by atomic mass is 9.97. The molecule has 1 radical (unpaired) electrons. The Labute approximate surface area is 108 Å². The Morgan fingerprint density at radius 1 is 0.944 bits per heavy atom. The average molecular weight is 233 g/mol. The van der Waals surface area contributed by atoms with Crippen molar-refractivity contribution in [3.63, 3.8) is 0 Å². The molecular formula is C18H17. The van der Waals surface area contributed by atoms with E-state index in [2.05, 4.69) is 61.5 Å². The summed E-state index contributed by atoms with van der Waals surface area (Å²) >= 11 is 0. The number of fused-ring (bicyclic) bond motifs is 2. The van der Waals surface area contributed by atoms with E-state index in [0.29, 0.717) is 0 Å². The van der Waals surface area contributed by atoms with Gasteiger partial charge < -0.3 is 0 Å². The van der Waals surface area contributed by atoms with Crippen molar-refractivity contribution < 1.29 is 0 Å². The van der Waals surface area contributed by atoms with E-state index in [9.17, 15) is 0 Å². The van der Waals surface area contributed by atoms with Crippen LogP contribution in [0.4, 0.5) is 0 Å². The van der Waals surface area contributed by atoms with Crippen LogP contribution in [0.25, 0.3) is 21.5 Å². The Morgan fingerprint density at radius 3 is 2.50 bits per heavy atom. The Bertz CT molecular complexity index is 680. The topological polar surface area (TPSA) is 0 Å². The van der Waals surface area contributed by atoms with Crippen LogP contribution in [-0.2, 0) is 6.42 Å². The first-order valence-corrected chi connectivity index (χ1v) is 6.70. The molecule has 0 heterocycles. The van der Waals surface area contributed by atoms with Crippen LogP contribution in [0.2, 0.25) is 0 Å². The van der Waals surface area contributed by atoms with Crippen molar-refractivity contribution in [2.75, 3.05) is 0 Å². The molecular weight excluding hydrogens is 216 g/mol. The lowest BCUT2D eigenvalue weighted by Gasteiger charge is -2.07. The lowest BCUT2D eigenvalue weighted by Crippen LogP contribution is -1.87. The van der Waals surface area contributed by atoms with Crippen molar-refractivity contribution in [3.05, 3.63) is 60.2 Å². The zero-order chi connectivity index (χ0) is 12.4. The van der Waals surface area contributed by atoms with Gasteiger partial charge in [-0.1, -0.05) is 43.7 Å². The summed E-state index contributed by atoms with van der Waals surface area (Å²) < 4.78 is 0. The van der Waals surface area contributed by atoms with Gasteiger partial charge >= 0.3 is 0 Å². The highest BCUT2D eigenvalue weighted by atomic mass is 14.1. The van der Waals surface area contributed by atoms with Gasteiger partial charge in [-0.25, -0.2) is 0 Å². The third kappa shape index (κ3) is 1.99. The van der Waals surface area contributed by atoms with Crippen molar-refractivity contribution in [3.8, 4) is 0 Å². The summed E-state index contributed by atoms with van der Waals surface area (Å²) in [5.41, 5.74) is 1.43. The SMILES string of the molecule is CCCCc1c[c]cc2cc3ccccc3cc12. The minimum absolute atomic E-state index is 1.16. The van der Waals surface area contributed by atoms with E-state index in [-0.39, 0.29) is 0 Å². The minimum atomic E-state index is 1.16. The van der Waals surface area contributed by atoms with Crippen LogP contribution in [0.15, 0.2) is 48.5 Å². The minimum Gasteiger partial charge on any atom is -0.0654 e. The highest BCUT2D eigenvalue weighted by Gasteiger charge is 2.02. The number of hydrogen-bond donors (Lipinski definition) is 0. The fourth-order valence-corrected chi connectivity index (χ4v) is 2.54. The van der Waals surface area contributed by atoms with Gasteiger partial charge in [0.05, 0.1) is 0 Å². The summed E-state index contributed by atoms with van der Waals surface area (Å²) in [6.07, 6.45) is 3.65. The van der Waals surface area contributed by atoms with Crippen molar-refractivity contribution in [2.45, 2.75) is 26.2 Å². The van der Waals surface area contributed by atoms with Gasteiger partial charge in [0.25, 0.3) is 0 Å². The number of unbranched alkanes of at least 4 members (excludes halogenated alkanes) is 1. The van der Waals surface area contributed by atoms with Crippen LogP contribution in [0.3, 0.4) is 0 Å². The Hall–Kier alpha value is -1.82. The van der Waals surface area contributed by atoms with Crippen molar-refractivity contribution in [2.24, 2.45) is 0 Å². The molecule has 0 bridgehead atoms. The van der Waals surface area contributed by atoms with Gasteiger partial charge in [-0.05, 0) is 64.2 Å². The molecule has 0 aliphatic rings. The molecule has 0 amide bonds. The van der Waals surface area contributed by atoms with Crippen LogP contribution in [-0.4, -0.2) is 0 Å². The van der Waals surface area contributed by atoms with Crippen molar-refractivity contribution in [1.82, 2.24) is 0 Å². The quantitative estimate of drug-likeness (QED) is 0.550. The monoisotopic (exact) mass is 233 g/mol. The van der Waals surface area contributed by atoms with Crippen LogP contribution >= 0.6 is 0 Å². The van der Waals surface area contributed by atoms with E-state index in [1.54, 1.807) is 0 Å². The molecule has 3 rings (SSSR count). The second-order valence-corrected chi connectivity index (χ2v) is 4.87. The molecule has 18 heavy (non-hydrogen) atoms. The lowest BCUT2D eigenvalue weighted by molar-refractivity contribution is 0.799. The van der Waals surface area contributed by atoms with Crippen LogP contribution in [0, 0.1) is 6.07 Å². The van der Waals surface area contributed by atoms with E-state index in [1.807, 2.05) is 0 Å². The molecule has 0 spiro atoms. The first kappa shape index (κ1) is 11.3. The summed E-state index contributed by atoms with van der Waals surface area (Å²) in [6, 6.07) is 20.7. The summed E-state index contributed by atoms with van der Waals surface area (Å²) in [6.45, 7) is 2.24. The third-order valence-corrected chi connectivity index (χ3v) is 3.56. The molecule has 89 valence electrons. The van der Waals surface area contributed by atoms with E-state index in [4.69, 9.17) is 0 Å². The maximum absolute atomic E-state index is 3.28. The molecule has 0 atom stereocenters. The molecule has 0 saturated heterocycles. The van der Waals surface area contributed by atoms with Gasteiger partial charge in [0.2, 0.25) is 0 Å². The highest BCUT2D eigenvalue weighted by molar-refractivity contribution is 5.99. The van der Waals surface area contributed by atoms with Gasteiger partial charge in [0, 0.05) is 0 Å². The Morgan fingerprint density at radius 2 is 1.72 bits per heavy atom. The molecule has 0 heteroatoms. The first-order valence-electron chi connectivity index (χ1n) is 6.70. The second-order valence-electron chi connectivity index (χ2n) is 4.87. The molecule has 0 unspecified atom stereocenters. The van der Waals surface area contributed by atoms with Crippen molar-refractivity contribution in [1.29, 1.82) is 0 Å². The Balaban J connectivity index is 2.22. The maximum atomic E-state index is 3.28. The standard InChI is InChI=1S/C18H17/c1-2-3-7-14-10-6-11-17-12-15-8-4-5-9-16(15)13-18(14)17/h4-5,8-13H,2-3,7H2,1H3. The number of rotatable bonds is 3. The zero-order valence-electron chi connectivity index (χ0n) is 10.7. The molecule has 0 fully saturated rings. The second kappa shape index (κ2) is 4.81. The molecule has 3 aromatic rings. The summed E-state index contributed by atoms with van der Waals surface area (Å²) in [5.74, 6) is 0. The van der Waals surface area contributed by atoms with E-state index >= 15 is 0 Å². The van der Waals surface area contributed by atoms with Crippen LogP contribution < -0.4 is 0 Å². The van der Waals surface area contributed by atoms with Gasteiger partial charge in [-0.15, -0.1) is 0 Å². The van der Waals surface area contributed by atoms with Gasteiger partial charge in [0.15, 0.2) is 0 Å². The number of aryl methyl sites for hydroxylation is 1. The normalized spacial score (nSPS) is 11.2. The summed E-state index contributed by atoms with van der Waals surface area (Å²) in [4.78, 5) is 0. The number of benzene rings is 3. The maximum Gasteiger partial charge on any atom is -0.0145 e. The molecule has 0 nitrogen and oxygen atoms in total. The fraction of sp³-hybridized carbons (Fsp3) is 0.222. The van der Waals surface area contributed by atoms with Crippen LogP contribution in [0.5, 0.6) is 0 Å². The molecule has 0 aromatic heterocycles. The molecule has 0 aliphatic carbocycles. The number of hydrogen-bond acceptors (Lipinski definition) is 0. The summed E-state index contributed by atoms with van der Waals surface area (Å²) in [5, 5.41) is 5.34. The van der Waals surface area contributed by atoms with E-state index < -0.39 is 0 Å². The fourth-order valence-electron chi connectivity index (χ4n) is 2.54. The van der Waals surface area contributed by atoms with E-state index in [1.165, 1.54) is 39.9 Å². The summed E-state index contributed by atoms with van der Waals surface area (Å²) in [7, 11) is 0. The van der Waals surface area contributed by atoms with Gasteiger partial charge in [-0.3, -0.25) is 0 Å². The molecule has 0 saturated carbocycles. The Kier molecular flexibility index (Phi) is 3.02. The predicted molar refractivity (Wildman–Crippen MR) is 78.9 cm³/mol. The molecule has 0 aliphatic heterocycles. The van der Waals surface area contributed by atoms with Crippen LogP contribution in [0.1, 0.15) is 25.3 Å². The third-order valence-electron chi connectivity index (χ3n) is 3.56. The van der Waals surface area contributed by atoms with Gasteiger partial charge in [-0.2, -0.15) is 0 Å². The van der Waals surface area contributed by atoms with Crippen molar-refractivity contribution >= 4 is 21.5 Å². The molecule has 3 aromatic carbocycles. The average Bonchev–Trinajstić information content (AvgIpc) is 2.43. The first-order chi connectivity index (χ1) is 8.88.